The Hall–Kier alpha value is -2.37. The fourth-order valence-electron chi connectivity index (χ4n) is 4.96. The molecule has 0 saturated heterocycles. The maximum atomic E-state index is 11.6. The zero-order valence-corrected chi connectivity index (χ0v) is 17.2. The van der Waals surface area contributed by atoms with Gasteiger partial charge in [0.25, 0.3) is 0 Å². The standard InChI is InChI=1S/C24H30N2O3/c1-3-14-7-16-9-18(10-17(16)8-15(14)4-2)25-13-23(28)21-11-19(27)12-22-20(21)5-6-24(29)26-22/h5-6,11-12,18,23,25,27-28H,3-4,7-10,13H2,1-2H3,(H,26,29)/t23-/m0/s1. The molecule has 29 heavy (non-hydrogen) atoms. The van der Waals surface area contributed by atoms with Gasteiger partial charge in [0.05, 0.1) is 11.6 Å². The minimum atomic E-state index is -0.760. The van der Waals surface area contributed by atoms with Gasteiger partial charge in [-0.05, 0) is 56.2 Å². The van der Waals surface area contributed by atoms with Crippen molar-refractivity contribution in [1.29, 1.82) is 0 Å². The first-order chi connectivity index (χ1) is 14.0. The number of nitrogens with one attached hydrogen (secondary N) is 2. The van der Waals surface area contributed by atoms with Crippen LogP contribution in [0.4, 0.5) is 0 Å². The normalized spacial score (nSPS) is 18.6. The van der Waals surface area contributed by atoms with E-state index in [4.69, 9.17) is 0 Å². The summed E-state index contributed by atoms with van der Waals surface area (Å²) in [4.78, 5) is 14.3. The second-order valence-electron chi connectivity index (χ2n) is 8.32. The maximum Gasteiger partial charge on any atom is 0.248 e. The molecule has 2 aromatic rings. The minimum absolute atomic E-state index is 0.0386. The second-order valence-corrected chi connectivity index (χ2v) is 8.32. The molecule has 5 nitrogen and oxygen atoms in total. The van der Waals surface area contributed by atoms with Crippen LogP contribution in [0.1, 0.15) is 64.0 Å². The number of allylic oxidation sites excluding steroid dienone is 2. The molecule has 0 unspecified atom stereocenters. The molecule has 0 aliphatic heterocycles. The first-order valence-corrected chi connectivity index (χ1v) is 10.6. The molecule has 2 aliphatic rings. The zero-order valence-electron chi connectivity index (χ0n) is 17.2. The van der Waals surface area contributed by atoms with Crippen molar-refractivity contribution in [3.63, 3.8) is 0 Å². The predicted molar refractivity (Wildman–Crippen MR) is 116 cm³/mol. The van der Waals surface area contributed by atoms with Gasteiger partial charge in [0.15, 0.2) is 0 Å². The van der Waals surface area contributed by atoms with E-state index in [9.17, 15) is 15.0 Å². The third-order valence-electron chi connectivity index (χ3n) is 6.51. The number of aromatic amines is 1. The number of phenols is 1. The summed E-state index contributed by atoms with van der Waals surface area (Å²) in [6, 6.07) is 6.59. The van der Waals surface area contributed by atoms with E-state index in [2.05, 4.69) is 24.1 Å². The summed E-state index contributed by atoms with van der Waals surface area (Å²) in [7, 11) is 0. The largest absolute Gasteiger partial charge is 0.508 e. The fourth-order valence-corrected chi connectivity index (χ4v) is 4.96. The van der Waals surface area contributed by atoms with E-state index in [1.54, 1.807) is 34.4 Å². The number of aromatic nitrogens is 1. The van der Waals surface area contributed by atoms with Gasteiger partial charge in [-0.15, -0.1) is 0 Å². The van der Waals surface area contributed by atoms with Gasteiger partial charge in [-0.25, -0.2) is 0 Å². The number of fused-ring (bicyclic) bond motifs is 1. The van der Waals surface area contributed by atoms with Crippen molar-refractivity contribution >= 4 is 10.9 Å². The van der Waals surface area contributed by atoms with E-state index in [-0.39, 0.29) is 11.3 Å². The molecule has 0 saturated carbocycles. The molecule has 1 aromatic heterocycles. The predicted octanol–water partition coefficient (Wildman–Crippen LogP) is 4.23. The Kier molecular flexibility index (Phi) is 5.61. The van der Waals surface area contributed by atoms with E-state index in [0.29, 0.717) is 23.7 Å². The number of hydrogen-bond acceptors (Lipinski definition) is 4. The molecule has 0 spiro atoms. The first-order valence-electron chi connectivity index (χ1n) is 10.6. The maximum absolute atomic E-state index is 11.6. The molecule has 0 radical (unpaired) electrons. The number of aliphatic hydroxyl groups is 1. The molecule has 4 N–H and O–H groups in total. The number of H-pyrrole nitrogens is 1. The average Bonchev–Trinajstić information content (AvgIpc) is 3.11. The van der Waals surface area contributed by atoms with Crippen LogP contribution >= 0.6 is 0 Å². The molecule has 1 heterocycles. The monoisotopic (exact) mass is 394 g/mol. The topological polar surface area (TPSA) is 85.3 Å². The highest BCUT2D eigenvalue weighted by Gasteiger charge is 2.28. The highest BCUT2D eigenvalue weighted by molar-refractivity contribution is 5.84. The molecular formula is C24H30N2O3. The molecule has 0 bridgehead atoms. The summed E-state index contributed by atoms with van der Waals surface area (Å²) in [5.74, 6) is 0.0386. The fraction of sp³-hybridized carbons (Fsp3) is 0.458. The molecule has 154 valence electrons. The number of rotatable bonds is 6. The lowest BCUT2D eigenvalue weighted by molar-refractivity contribution is 0.171. The number of pyridine rings is 1. The van der Waals surface area contributed by atoms with Gasteiger partial charge in [0.1, 0.15) is 5.75 Å². The van der Waals surface area contributed by atoms with Gasteiger partial charge >= 0.3 is 0 Å². The van der Waals surface area contributed by atoms with Crippen molar-refractivity contribution in [2.45, 2.75) is 64.5 Å². The van der Waals surface area contributed by atoms with E-state index in [0.717, 1.165) is 43.9 Å². The lowest BCUT2D eigenvalue weighted by Crippen LogP contribution is -2.31. The molecule has 1 aromatic carbocycles. The lowest BCUT2D eigenvalue weighted by atomic mass is 9.85. The molecule has 0 fully saturated rings. The first kappa shape index (κ1) is 19.9. The van der Waals surface area contributed by atoms with Crippen LogP contribution in [-0.2, 0) is 0 Å². The number of hydrogen-bond donors (Lipinski definition) is 4. The van der Waals surface area contributed by atoms with Crippen molar-refractivity contribution in [1.82, 2.24) is 10.3 Å². The Bertz CT molecular complexity index is 1020. The van der Waals surface area contributed by atoms with Crippen LogP contribution in [0.5, 0.6) is 5.75 Å². The molecule has 5 heteroatoms. The Morgan fingerprint density at radius 1 is 1.10 bits per heavy atom. The van der Waals surface area contributed by atoms with Gasteiger partial charge in [0, 0.05) is 30.1 Å². The molecule has 2 aliphatic carbocycles. The van der Waals surface area contributed by atoms with Gasteiger partial charge in [0.2, 0.25) is 5.56 Å². The SMILES string of the molecule is CCC1=C(CC)CC2=C(C1)CC(NC[C@H](O)c1cc(O)cc3[nH]c(=O)ccc13)C2. The zero-order chi connectivity index (χ0) is 20.5. The van der Waals surface area contributed by atoms with Gasteiger partial charge < -0.3 is 20.5 Å². The van der Waals surface area contributed by atoms with Gasteiger partial charge in [-0.3, -0.25) is 4.79 Å². The van der Waals surface area contributed by atoms with Crippen LogP contribution in [0.3, 0.4) is 0 Å². The highest BCUT2D eigenvalue weighted by atomic mass is 16.3. The van der Waals surface area contributed by atoms with E-state index in [1.165, 1.54) is 12.1 Å². The van der Waals surface area contributed by atoms with Gasteiger partial charge in [-0.2, -0.15) is 0 Å². The molecule has 0 amide bonds. The average molecular weight is 395 g/mol. The van der Waals surface area contributed by atoms with Crippen LogP contribution in [0.2, 0.25) is 0 Å². The Morgan fingerprint density at radius 2 is 1.76 bits per heavy atom. The van der Waals surface area contributed by atoms with Gasteiger partial charge in [-0.1, -0.05) is 36.1 Å². The highest BCUT2D eigenvalue weighted by Crippen LogP contribution is 2.41. The van der Waals surface area contributed by atoms with Crippen LogP contribution in [0.25, 0.3) is 10.9 Å². The lowest BCUT2D eigenvalue weighted by Gasteiger charge is -2.21. The van der Waals surface area contributed by atoms with Crippen LogP contribution in [0, 0.1) is 0 Å². The molecular weight excluding hydrogens is 364 g/mol. The summed E-state index contributed by atoms with van der Waals surface area (Å²) in [6.45, 7) is 4.92. The quantitative estimate of drug-likeness (QED) is 0.553. The smallest absolute Gasteiger partial charge is 0.248 e. The summed E-state index contributed by atoms with van der Waals surface area (Å²) < 4.78 is 0. The van der Waals surface area contributed by atoms with Crippen molar-refractivity contribution in [3.8, 4) is 5.75 Å². The summed E-state index contributed by atoms with van der Waals surface area (Å²) in [5, 5.41) is 25.1. The van der Waals surface area contributed by atoms with Crippen LogP contribution in [0.15, 0.2) is 51.4 Å². The number of aromatic hydroxyl groups is 1. The summed E-state index contributed by atoms with van der Waals surface area (Å²) in [5.41, 5.74) is 7.35. The summed E-state index contributed by atoms with van der Waals surface area (Å²) in [6.07, 6.45) is 5.88. The van der Waals surface area contributed by atoms with Crippen molar-refractivity contribution in [3.05, 3.63) is 62.5 Å². The van der Waals surface area contributed by atoms with Crippen LogP contribution < -0.4 is 10.9 Å². The minimum Gasteiger partial charge on any atom is -0.508 e. The van der Waals surface area contributed by atoms with Crippen molar-refractivity contribution in [2.24, 2.45) is 0 Å². The summed E-state index contributed by atoms with van der Waals surface area (Å²) >= 11 is 0. The number of phenolic OH excluding ortho intramolecular Hbond substituents is 1. The van der Waals surface area contributed by atoms with E-state index >= 15 is 0 Å². The Labute approximate surface area is 171 Å². The van der Waals surface area contributed by atoms with E-state index in [1.807, 2.05) is 0 Å². The Morgan fingerprint density at radius 3 is 2.38 bits per heavy atom. The molecule has 4 rings (SSSR count). The van der Waals surface area contributed by atoms with Crippen molar-refractivity contribution in [2.75, 3.05) is 6.54 Å². The van der Waals surface area contributed by atoms with Crippen molar-refractivity contribution < 1.29 is 10.2 Å². The third kappa shape index (κ3) is 4.02. The Balaban J connectivity index is 1.43. The van der Waals surface area contributed by atoms with Crippen LogP contribution in [-0.4, -0.2) is 27.8 Å². The second kappa shape index (κ2) is 8.17. The molecule has 1 atom stereocenters. The number of aliphatic hydroxyl groups excluding tert-OH is 1. The number of benzene rings is 1. The third-order valence-corrected chi connectivity index (χ3v) is 6.51. The van der Waals surface area contributed by atoms with E-state index < -0.39 is 6.10 Å².